The summed E-state index contributed by atoms with van der Waals surface area (Å²) in [6, 6.07) is 7.39. The van der Waals surface area contributed by atoms with Crippen LogP contribution in [0, 0.1) is 0 Å². The molecule has 0 fully saturated rings. The SMILES string of the molecule is CCC(N)CC(=O)c1ccccc1Br. The minimum Gasteiger partial charge on any atom is -0.327 e. The molecule has 1 aromatic rings. The van der Waals surface area contributed by atoms with Crippen LogP contribution in [0.2, 0.25) is 0 Å². The van der Waals surface area contributed by atoms with Crippen LogP contribution in [0.25, 0.3) is 0 Å². The molecule has 1 rings (SSSR count). The van der Waals surface area contributed by atoms with Gasteiger partial charge in [0, 0.05) is 22.5 Å². The summed E-state index contributed by atoms with van der Waals surface area (Å²) in [6.45, 7) is 1.98. The highest BCUT2D eigenvalue weighted by Crippen LogP contribution is 2.18. The Morgan fingerprint density at radius 1 is 1.50 bits per heavy atom. The summed E-state index contributed by atoms with van der Waals surface area (Å²) in [5.41, 5.74) is 6.44. The maximum Gasteiger partial charge on any atom is 0.165 e. The second-order valence-corrected chi connectivity index (χ2v) is 4.13. The smallest absolute Gasteiger partial charge is 0.165 e. The van der Waals surface area contributed by atoms with E-state index in [4.69, 9.17) is 5.73 Å². The molecule has 1 unspecified atom stereocenters. The van der Waals surface area contributed by atoms with E-state index >= 15 is 0 Å². The van der Waals surface area contributed by atoms with Crippen LogP contribution in [0.3, 0.4) is 0 Å². The van der Waals surface area contributed by atoms with Gasteiger partial charge in [-0.1, -0.05) is 41.1 Å². The van der Waals surface area contributed by atoms with Crippen LogP contribution in [0.15, 0.2) is 28.7 Å². The molecule has 2 nitrogen and oxygen atoms in total. The Labute approximate surface area is 92.6 Å². The van der Waals surface area contributed by atoms with E-state index in [1.807, 2.05) is 31.2 Å². The van der Waals surface area contributed by atoms with Crippen molar-refractivity contribution in [3.8, 4) is 0 Å². The van der Waals surface area contributed by atoms with E-state index < -0.39 is 0 Å². The second kappa shape index (κ2) is 5.27. The van der Waals surface area contributed by atoms with Gasteiger partial charge in [0.05, 0.1) is 0 Å². The summed E-state index contributed by atoms with van der Waals surface area (Å²) in [4.78, 5) is 11.7. The van der Waals surface area contributed by atoms with Crippen LogP contribution < -0.4 is 5.73 Å². The first-order valence-electron chi connectivity index (χ1n) is 4.68. The molecule has 0 aromatic heterocycles. The van der Waals surface area contributed by atoms with E-state index in [0.717, 1.165) is 16.5 Å². The van der Waals surface area contributed by atoms with Crippen LogP contribution in [0.5, 0.6) is 0 Å². The van der Waals surface area contributed by atoms with E-state index in [9.17, 15) is 4.79 Å². The average Bonchev–Trinajstić information content (AvgIpc) is 2.18. The molecule has 0 bridgehead atoms. The Balaban J connectivity index is 2.75. The van der Waals surface area contributed by atoms with Crippen molar-refractivity contribution >= 4 is 21.7 Å². The maximum absolute atomic E-state index is 11.7. The zero-order valence-electron chi connectivity index (χ0n) is 8.16. The first-order valence-corrected chi connectivity index (χ1v) is 5.47. The predicted molar refractivity (Wildman–Crippen MR) is 61.4 cm³/mol. The van der Waals surface area contributed by atoms with Crippen molar-refractivity contribution in [1.29, 1.82) is 0 Å². The van der Waals surface area contributed by atoms with Crippen LogP contribution in [-0.4, -0.2) is 11.8 Å². The number of halogens is 1. The van der Waals surface area contributed by atoms with Crippen molar-refractivity contribution in [1.82, 2.24) is 0 Å². The lowest BCUT2D eigenvalue weighted by Gasteiger charge is -2.08. The molecule has 2 N–H and O–H groups in total. The summed E-state index contributed by atoms with van der Waals surface area (Å²) in [5, 5.41) is 0. The molecule has 1 atom stereocenters. The zero-order valence-corrected chi connectivity index (χ0v) is 9.75. The lowest BCUT2D eigenvalue weighted by molar-refractivity contribution is 0.0973. The van der Waals surface area contributed by atoms with Gasteiger partial charge in [-0.2, -0.15) is 0 Å². The number of Topliss-reactive ketones (excluding diaryl/α,β-unsaturated/α-hetero) is 1. The largest absolute Gasteiger partial charge is 0.327 e. The highest BCUT2D eigenvalue weighted by atomic mass is 79.9. The summed E-state index contributed by atoms with van der Waals surface area (Å²) in [5.74, 6) is 0.104. The summed E-state index contributed by atoms with van der Waals surface area (Å²) in [7, 11) is 0. The Bertz CT molecular complexity index is 325. The van der Waals surface area contributed by atoms with E-state index in [1.54, 1.807) is 0 Å². The Kier molecular flexibility index (Phi) is 4.29. The fraction of sp³-hybridized carbons (Fsp3) is 0.364. The van der Waals surface area contributed by atoms with Crippen molar-refractivity contribution in [2.45, 2.75) is 25.8 Å². The number of hydrogen-bond donors (Lipinski definition) is 1. The third-order valence-electron chi connectivity index (χ3n) is 2.15. The van der Waals surface area contributed by atoms with Crippen LogP contribution >= 0.6 is 15.9 Å². The summed E-state index contributed by atoms with van der Waals surface area (Å²) >= 11 is 3.35. The number of nitrogens with two attached hydrogens (primary N) is 1. The predicted octanol–water partition coefficient (Wildman–Crippen LogP) is 2.76. The van der Waals surface area contributed by atoms with Crippen LogP contribution in [-0.2, 0) is 0 Å². The molecule has 0 aliphatic heterocycles. The number of ketones is 1. The molecule has 0 aliphatic rings. The maximum atomic E-state index is 11.7. The first kappa shape index (κ1) is 11.4. The van der Waals surface area contributed by atoms with Crippen LogP contribution in [0.4, 0.5) is 0 Å². The topological polar surface area (TPSA) is 43.1 Å². The standard InChI is InChI=1S/C11H14BrNO/c1-2-8(13)7-11(14)9-5-3-4-6-10(9)12/h3-6,8H,2,7,13H2,1H3. The van der Waals surface area contributed by atoms with Gasteiger partial charge in [-0.3, -0.25) is 4.79 Å². The fourth-order valence-electron chi connectivity index (χ4n) is 1.18. The van der Waals surface area contributed by atoms with E-state index in [2.05, 4.69) is 15.9 Å². The fourth-order valence-corrected chi connectivity index (χ4v) is 1.69. The third-order valence-corrected chi connectivity index (χ3v) is 2.84. The number of rotatable bonds is 4. The molecule has 0 saturated heterocycles. The van der Waals surface area contributed by atoms with Crippen molar-refractivity contribution in [2.24, 2.45) is 5.73 Å². The molecule has 0 saturated carbocycles. The summed E-state index contributed by atoms with van der Waals surface area (Å²) in [6.07, 6.45) is 1.25. The van der Waals surface area contributed by atoms with E-state index in [-0.39, 0.29) is 11.8 Å². The molecule has 0 heterocycles. The molecule has 0 spiro atoms. The molecule has 76 valence electrons. The Morgan fingerprint density at radius 2 is 2.14 bits per heavy atom. The highest BCUT2D eigenvalue weighted by Gasteiger charge is 2.12. The third kappa shape index (κ3) is 2.93. The monoisotopic (exact) mass is 255 g/mol. The molecule has 1 aromatic carbocycles. The zero-order chi connectivity index (χ0) is 10.6. The average molecular weight is 256 g/mol. The number of hydrogen-bond acceptors (Lipinski definition) is 2. The molecule has 3 heteroatoms. The number of carbonyl (C=O) groups excluding carboxylic acids is 1. The van der Waals surface area contributed by atoms with Gasteiger partial charge in [0.2, 0.25) is 0 Å². The van der Waals surface area contributed by atoms with E-state index in [0.29, 0.717) is 6.42 Å². The number of carbonyl (C=O) groups is 1. The molecule has 0 radical (unpaired) electrons. The van der Waals surface area contributed by atoms with Crippen molar-refractivity contribution in [3.63, 3.8) is 0 Å². The van der Waals surface area contributed by atoms with Gasteiger partial charge in [0.15, 0.2) is 5.78 Å². The van der Waals surface area contributed by atoms with Crippen molar-refractivity contribution in [2.75, 3.05) is 0 Å². The molecule has 0 aliphatic carbocycles. The van der Waals surface area contributed by atoms with Gasteiger partial charge < -0.3 is 5.73 Å². The van der Waals surface area contributed by atoms with Gasteiger partial charge >= 0.3 is 0 Å². The normalized spacial score (nSPS) is 12.5. The molecular formula is C11H14BrNO. The van der Waals surface area contributed by atoms with Gasteiger partial charge in [0.1, 0.15) is 0 Å². The van der Waals surface area contributed by atoms with Crippen molar-refractivity contribution < 1.29 is 4.79 Å². The Morgan fingerprint density at radius 3 is 2.71 bits per heavy atom. The lowest BCUT2D eigenvalue weighted by atomic mass is 10.0. The van der Waals surface area contributed by atoms with Gasteiger partial charge in [-0.25, -0.2) is 0 Å². The van der Waals surface area contributed by atoms with Crippen LogP contribution in [0.1, 0.15) is 30.1 Å². The number of benzene rings is 1. The van der Waals surface area contributed by atoms with Gasteiger partial charge in [0.25, 0.3) is 0 Å². The minimum absolute atomic E-state index is 0.0328. The second-order valence-electron chi connectivity index (χ2n) is 3.28. The van der Waals surface area contributed by atoms with Gasteiger partial charge in [-0.05, 0) is 12.5 Å². The van der Waals surface area contributed by atoms with Gasteiger partial charge in [-0.15, -0.1) is 0 Å². The minimum atomic E-state index is -0.0328. The quantitative estimate of drug-likeness (QED) is 0.842. The van der Waals surface area contributed by atoms with E-state index in [1.165, 1.54) is 0 Å². The molecule has 14 heavy (non-hydrogen) atoms. The molecule has 0 amide bonds. The Hall–Kier alpha value is -0.670. The summed E-state index contributed by atoms with van der Waals surface area (Å²) < 4.78 is 0.841. The first-order chi connectivity index (χ1) is 6.65. The van der Waals surface area contributed by atoms with Crippen molar-refractivity contribution in [3.05, 3.63) is 34.3 Å². The molecular weight excluding hydrogens is 242 g/mol. The lowest BCUT2D eigenvalue weighted by Crippen LogP contribution is -2.22. The highest BCUT2D eigenvalue weighted by molar-refractivity contribution is 9.10.